The SMILES string of the molecule is COc1cc(-c2cccc(C(F)(F)F)c2)c(C)cc1I. The Morgan fingerprint density at radius 3 is 2.40 bits per heavy atom. The Labute approximate surface area is 128 Å². The van der Waals surface area contributed by atoms with Crippen LogP contribution in [0.1, 0.15) is 11.1 Å². The van der Waals surface area contributed by atoms with Crippen molar-refractivity contribution in [2.45, 2.75) is 13.1 Å². The maximum Gasteiger partial charge on any atom is 0.416 e. The van der Waals surface area contributed by atoms with Gasteiger partial charge in [0.1, 0.15) is 5.75 Å². The van der Waals surface area contributed by atoms with Crippen LogP contribution in [0.5, 0.6) is 5.75 Å². The van der Waals surface area contributed by atoms with E-state index in [1.54, 1.807) is 19.2 Å². The number of halogens is 4. The zero-order valence-corrected chi connectivity index (χ0v) is 13.0. The Morgan fingerprint density at radius 1 is 1.10 bits per heavy atom. The summed E-state index contributed by atoms with van der Waals surface area (Å²) in [6, 6.07) is 8.99. The average Bonchev–Trinajstić information content (AvgIpc) is 2.38. The minimum Gasteiger partial charge on any atom is -0.496 e. The minimum absolute atomic E-state index is 0.534. The molecule has 0 heterocycles. The summed E-state index contributed by atoms with van der Waals surface area (Å²) in [5.74, 6) is 0.656. The molecule has 0 saturated heterocycles. The second-order valence-corrected chi connectivity index (χ2v) is 5.54. The van der Waals surface area contributed by atoms with Crippen LogP contribution < -0.4 is 4.74 Å². The lowest BCUT2D eigenvalue weighted by Gasteiger charge is -2.13. The van der Waals surface area contributed by atoms with Crippen LogP contribution in [0.15, 0.2) is 36.4 Å². The molecule has 0 aliphatic rings. The first-order valence-electron chi connectivity index (χ1n) is 5.84. The van der Waals surface area contributed by atoms with Gasteiger partial charge in [-0.2, -0.15) is 13.2 Å². The minimum atomic E-state index is -4.34. The van der Waals surface area contributed by atoms with Gasteiger partial charge in [0.2, 0.25) is 0 Å². The molecule has 0 amide bonds. The summed E-state index contributed by atoms with van der Waals surface area (Å²) in [6.45, 7) is 1.87. The highest BCUT2D eigenvalue weighted by Gasteiger charge is 2.30. The highest BCUT2D eigenvalue weighted by Crippen LogP contribution is 2.35. The van der Waals surface area contributed by atoms with Crippen molar-refractivity contribution in [2.24, 2.45) is 0 Å². The van der Waals surface area contributed by atoms with Crippen molar-refractivity contribution in [2.75, 3.05) is 7.11 Å². The molecule has 0 atom stereocenters. The third-order valence-electron chi connectivity index (χ3n) is 3.00. The molecule has 0 fully saturated rings. The number of rotatable bonds is 2. The first-order valence-corrected chi connectivity index (χ1v) is 6.92. The highest BCUT2D eigenvalue weighted by atomic mass is 127. The summed E-state index contributed by atoms with van der Waals surface area (Å²) >= 11 is 2.14. The summed E-state index contributed by atoms with van der Waals surface area (Å²) in [5.41, 5.74) is 1.54. The van der Waals surface area contributed by atoms with Gasteiger partial charge in [-0.3, -0.25) is 0 Å². The van der Waals surface area contributed by atoms with Crippen LogP contribution in [0.4, 0.5) is 13.2 Å². The monoisotopic (exact) mass is 392 g/mol. The molecule has 0 spiro atoms. The van der Waals surface area contributed by atoms with Gasteiger partial charge in [0.25, 0.3) is 0 Å². The predicted molar refractivity (Wildman–Crippen MR) is 80.9 cm³/mol. The first-order chi connectivity index (χ1) is 9.32. The standard InChI is InChI=1S/C15H12F3IO/c1-9-6-13(19)14(20-2)8-12(9)10-4-3-5-11(7-10)15(16,17)18/h3-8H,1-2H3. The van der Waals surface area contributed by atoms with E-state index in [2.05, 4.69) is 22.6 Å². The first kappa shape index (κ1) is 15.2. The molecule has 2 rings (SSSR count). The molecule has 2 aromatic carbocycles. The molecule has 0 aromatic heterocycles. The van der Waals surface area contributed by atoms with Gasteiger partial charge in [0.15, 0.2) is 0 Å². The molecule has 1 nitrogen and oxygen atoms in total. The fourth-order valence-corrected chi connectivity index (χ4v) is 2.83. The van der Waals surface area contributed by atoms with Crippen LogP contribution >= 0.6 is 22.6 Å². The van der Waals surface area contributed by atoms with Crippen molar-refractivity contribution in [3.05, 3.63) is 51.1 Å². The fourth-order valence-electron chi connectivity index (χ4n) is 1.98. The summed E-state index contributed by atoms with van der Waals surface area (Å²) in [7, 11) is 1.54. The van der Waals surface area contributed by atoms with Crippen molar-refractivity contribution in [1.82, 2.24) is 0 Å². The number of ether oxygens (including phenoxy) is 1. The maximum absolute atomic E-state index is 12.8. The van der Waals surface area contributed by atoms with Crippen molar-refractivity contribution in [3.63, 3.8) is 0 Å². The zero-order chi connectivity index (χ0) is 14.9. The van der Waals surface area contributed by atoms with E-state index in [0.717, 1.165) is 26.8 Å². The van der Waals surface area contributed by atoms with Gasteiger partial charge in [-0.1, -0.05) is 12.1 Å². The van der Waals surface area contributed by atoms with E-state index in [0.29, 0.717) is 11.3 Å². The van der Waals surface area contributed by atoms with Gasteiger partial charge in [0.05, 0.1) is 16.2 Å². The Balaban J connectivity index is 2.57. The smallest absolute Gasteiger partial charge is 0.416 e. The van der Waals surface area contributed by atoms with Gasteiger partial charge >= 0.3 is 6.18 Å². The lowest BCUT2D eigenvalue weighted by atomic mass is 9.98. The molecule has 0 aliphatic carbocycles. The topological polar surface area (TPSA) is 9.23 Å². The molecular formula is C15H12F3IO. The maximum atomic E-state index is 12.8. The van der Waals surface area contributed by atoms with E-state index in [9.17, 15) is 13.2 Å². The van der Waals surface area contributed by atoms with Gasteiger partial charge in [-0.25, -0.2) is 0 Å². The third kappa shape index (κ3) is 3.08. The van der Waals surface area contributed by atoms with E-state index in [1.165, 1.54) is 6.07 Å². The Morgan fingerprint density at radius 2 is 1.80 bits per heavy atom. The van der Waals surface area contributed by atoms with E-state index in [-0.39, 0.29) is 0 Å². The van der Waals surface area contributed by atoms with E-state index >= 15 is 0 Å². The molecule has 0 bridgehead atoms. The summed E-state index contributed by atoms with van der Waals surface area (Å²) in [6.07, 6.45) is -4.34. The van der Waals surface area contributed by atoms with Crippen LogP contribution in [0.2, 0.25) is 0 Å². The molecule has 0 aliphatic heterocycles. The van der Waals surface area contributed by atoms with Crippen molar-refractivity contribution >= 4 is 22.6 Å². The van der Waals surface area contributed by atoms with E-state index in [1.807, 2.05) is 13.0 Å². The lowest BCUT2D eigenvalue weighted by Crippen LogP contribution is -2.04. The molecule has 0 radical (unpaired) electrons. The number of methoxy groups -OCH3 is 1. The molecular weight excluding hydrogens is 380 g/mol. The van der Waals surface area contributed by atoms with Gasteiger partial charge < -0.3 is 4.74 Å². The molecule has 2 aromatic rings. The van der Waals surface area contributed by atoms with Crippen LogP contribution in [0.3, 0.4) is 0 Å². The van der Waals surface area contributed by atoms with Crippen molar-refractivity contribution < 1.29 is 17.9 Å². The molecule has 0 unspecified atom stereocenters. The molecule has 20 heavy (non-hydrogen) atoms. The predicted octanol–water partition coefficient (Wildman–Crippen LogP) is 5.29. The van der Waals surface area contributed by atoms with Gasteiger partial charge in [0, 0.05) is 0 Å². The number of hydrogen-bond donors (Lipinski definition) is 0. The van der Waals surface area contributed by atoms with Crippen LogP contribution in [-0.2, 0) is 6.18 Å². The Hall–Kier alpha value is -1.24. The normalized spacial score (nSPS) is 11.5. The van der Waals surface area contributed by atoms with Crippen molar-refractivity contribution in [3.8, 4) is 16.9 Å². The van der Waals surface area contributed by atoms with Crippen molar-refractivity contribution in [1.29, 1.82) is 0 Å². The van der Waals surface area contributed by atoms with Crippen LogP contribution in [0.25, 0.3) is 11.1 Å². The molecule has 106 valence electrons. The summed E-state index contributed by atoms with van der Waals surface area (Å²) < 4.78 is 44.5. The Kier molecular flexibility index (Phi) is 4.27. The molecule has 0 saturated carbocycles. The number of alkyl halides is 3. The van der Waals surface area contributed by atoms with E-state index in [4.69, 9.17) is 4.74 Å². The molecule has 0 N–H and O–H groups in total. The highest BCUT2D eigenvalue weighted by molar-refractivity contribution is 14.1. The number of benzene rings is 2. The summed E-state index contributed by atoms with van der Waals surface area (Å²) in [4.78, 5) is 0. The third-order valence-corrected chi connectivity index (χ3v) is 3.84. The summed E-state index contributed by atoms with van der Waals surface area (Å²) in [5, 5.41) is 0. The Bertz CT molecular complexity index is 636. The number of hydrogen-bond acceptors (Lipinski definition) is 1. The van der Waals surface area contributed by atoms with Gasteiger partial charge in [-0.05, 0) is 70.5 Å². The number of aryl methyl sites for hydroxylation is 1. The van der Waals surface area contributed by atoms with Gasteiger partial charge in [-0.15, -0.1) is 0 Å². The second kappa shape index (κ2) is 5.63. The fraction of sp³-hybridized carbons (Fsp3) is 0.200. The largest absolute Gasteiger partial charge is 0.496 e. The zero-order valence-electron chi connectivity index (χ0n) is 10.9. The van der Waals surface area contributed by atoms with Crippen LogP contribution in [-0.4, -0.2) is 7.11 Å². The average molecular weight is 392 g/mol. The second-order valence-electron chi connectivity index (χ2n) is 4.38. The van der Waals surface area contributed by atoms with Crippen LogP contribution in [0, 0.1) is 10.5 Å². The molecule has 5 heteroatoms. The lowest BCUT2D eigenvalue weighted by molar-refractivity contribution is -0.137. The van der Waals surface area contributed by atoms with E-state index < -0.39 is 11.7 Å². The quantitative estimate of drug-likeness (QED) is 0.631.